The number of aliphatic hydroxyl groups is 1. The highest BCUT2D eigenvalue weighted by Crippen LogP contribution is 2.05. The van der Waals surface area contributed by atoms with Crippen LogP contribution in [0.3, 0.4) is 0 Å². The van der Waals surface area contributed by atoms with Gasteiger partial charge in [0.05, 0.1) is 0 Å². The van der Waals surface area contributed by atoms with Crippen LogP contribution in [0.1, 0.15) is 32.3 Å². The van der Waals surface area contributed by atoms with Crippen LogP contribution < -0.4 is 5.32 Å². The predicted molar refractivity (Wildman–Crippen MR) is 79.0 cm³/mol. The number of aliphatic hydroxyl groups excluding tert-OH is 1. The number of likely N-dealkylation sites (N-methyl/N-ethyl adjacent to an activating group) is 1. The summed E-state index contributed by atoms with van der Waals surface area (Å²) in [4.78, 5) is 6.45. The highest BCUT2D eigenvalue weighted by atomic mass is 16.3. The molecule has 0 aliphatic rings. The standard InChI is InChI=1S/C15H27N3O/c1-3-8-17-15(7-11-19)13-18(4-2)12-14-5-9-16-10-6-14/h5-6,9-10,15,17,19H,3-4,7-8,11-13H2,1-2H3. The molecule has 1 heterocycles. The van der Waals surface area contributed by atoms with Gasteiger partial charge in [-0.1, -0.05) is 13.8 Å². The van der Waals surface area contributed by atoms with E-state index in [1.807, 2.05) is 12.4 Å². The van der Waals surface area contributed by atoms with Gasteiger partial charge in [0, 0.05) is 38.1 Å². The molecular weight excluding hydrogens is 238 g/mol. The van der Waals surface area contributed by atoms with Crippen molar-refractivity contribution in [1.82, 2.24) is 15.2 Å². The Morgan fingerprint density at radius 1 is 1.32 bits per heavy atom. The molecule has 0 amide bonds. The molecule has 1 rings (SSSR count). The third-order valence-corrected chi connectivity index (χ3v) is 3.24. The zero-order valence-electron chi connectivity index (χ0n) is 12.2. The SMILES string of the molecule is CCCNC(CCO)CN(CC)Cc1ccncc1. The summed E-state index contributed by atoms with van der Waals surface area (Å²) in [6.07, 6.45) is 5.61. The van der Waals surface area contributed by atoms with Gasteiger partial charge in [0.2, 0.25) is 0 Å². The van der Waals surface area contributed by atoms with Crippen molar-refractivity contribution >= 4 is 0 Å². The van der Waals surface area contributed by atoms with E-state index < -0.39 is 0 Å². The molecule has 0 radical (unpaired) electrons. The minimum absolute atomic E-state index is 0.244. The minimum atomic E-state index is 0.244. The van der Waals surface area contributed by atoms with E-state index in [4.69, 9.17) is 5.11 Å². The molecule has 0 spiro atoms. The molecule has 1 atom stereocenters. The van der Waals surface area contributed by atoms with Crippen LogP contribution in [0, 0.1) is 0 Å². The fourth-order valence-corrected chi connectivity index (χ4v) is 2.13. The Morgan fingerprint density at radius 2 is 2.05 bits per heavy atom. The first-order valence-corrected chi connectivity index (χ1v) is 7.25. The lowest BCUT2D eigenvalue weighted by Gasteiger charge is -2.27. The average Bonchev–Trinajstić information content (AvgIpc) is 2.45. The van der Waals surface area contributed by atoms with E-state index in [0.29, 0.717) is 6.04 Å². The third-order valence-electron chi connectivity index (χ3n) is 3.24. The maximum absolute atomic E-state index is 9.14. The predicted octanol–water partition coefficient (Wildman–Crippen LogP) is 1.65. The van der Waals surface area contributed by atoms with E-state index in [-0.39, 0.29) is 6.61 Å². The quantitative estimate of drug-likeness (QED) is 0.675. The lowest BCUT2D eigenvalue weighted by Crippen LogP contribution is -2.41. The fourth-order valence-electron chi connectivity index (χ4n) is 2.13. The number of rotatable bonds is 10. The van der Waals surface area contributed by atoms with Gasteiger partial charge in [0.25, 0.3) is 0 Å². The van der Waals surface area contributed by atoms with Crippen molar-refractivity contribution in [2.75, 3.05) is 26.2 Å². The van der Waals surface area contributed by atoms with E-state index >= 15 is 0 Å². The number of pyridine rings is 1. The van der Waals surface area contributed by atoms with Gasteiger partial charge in [-0.15, -0.1) is 0 Å². The molecule has 0 aromatic carbocycles. The van der Waals surface area contributed by atoms with Crippen LogP contribution in [0.15, 0.2) is 24.5 Å². The largest absolute Gasteiger partial charge is 0.396 e. The second kappa shape index (κ2) is 9.89. The Bertz CT molecular complexity index is 318. The Balaban J connectivity index is 2.48. The monoisotopic (exact) mass is 265 g/mol. The van der Waals surface area contributed by atoms with E-state index in [1.54, 1.807) is 0 Å². The van der Waals surface area contributed by atoms with Crippen molar-refractivity contribution < 1.29 is 5.11 Å². The zero-order valence-corrected chi connectivity index (χ0v) is 12.2. The normalized spacial score (nSPS) is 12.8. The van der Waals surface area contributed by atoms with E-state index in [9.17, 15) is 0 Å². The van der Waals surface area contributed by atoms with Crippen molar-refractivity contribution in [2.24, 2.45) is 0 Å². The Kier molecular flexibility index (Phi) is 8.38. The van der Waals surface area contributed by atoms with Gasteiger partial charge in [-0.3, -0.25) is 9.88 Å². The molecule has 0 aliphatic carbocycles. The first-order valence-electron chi connectivity index (χ1n) is 7.25. The molecule has 1 unspecified atom stereocenters. The number of nitrogens with zero attached hydrogens (tertiary/aromatic N) is 2. The molecule has 1 aromatic heterocycles. The molecule has 108 valence electrons. The highest BCUT2D eigenvalue weighted by molar-refractivity contribution is 5.09. The topological polar surface area (TPSA) is 48.4 Å². The number of nitrogens with one attached hydrogen (secondary N) is 1. The number of hydrogen-bond donors (Lipinski definition) is 2. The summed E-state index contributed by atoms with van der Waals surface area (Å²) in [7, 11) is 0. The smallest absolute Gasteiger partial charge is 0.0446 e. The molecular formula is C15H27N3O. The molecule has 0 saturated carbocycles. The Labute approximate surface area is 116 Å². The Hall–Kier alpha value is -0.970. The first kappa shape index (κ1) is 16.1. The van der Waals surface area contributed by atoms with Gasteiger partial charge in [-0.25, -0.2) is 0 Å². The summed E-state index contributed by atoms with van der Waals surface area (Å²) in [6, 6.07) is 4.48. The highest BCUT2D eigenvalue weighted by Gasteiger charge is 2.12. The summed E-state index contributed by atoms with van der Waals surface area (Å²) >= 11 is 0. The van der Waals surface area contributed by atoms with Gasteiger partial charge in [0.1, 0.15) is 0 Å². The molecule has 4 nitrogen and oxygen atoms in total. The minimum Gasteiger partial charge on any atom is -0.396 e. The van der Waals surface area contributed by atoms with Gasteiger partial charge in [0.15, 0.2) is 0 Å². The average molecular weight is 265 g/mol. The van der Waals surface area contributed by atoms with E-state index in [0.717, 1.165) is 39.0 Å². The summed E-state index contributed by atoms with van der Waals surface area (Å²) in [5.41, 5.74) is 1.29. The van der Waals surface area contributed by atoms with Crippen molar-refractivity contribution in [2.45, 2.75) is 39.3 Å². The van der Waals surface area contributed by atoms with Crippen LogP contribution in [-0.2, 0) is 6.54 Å². The van der Waals surface area contributed by atoms with Gasteiger partial charge in [-0.05, 0) is 43.6 Å². The van der Waals surface area contributed by atoms with Crippen LogP contribution >= 0.6 is 0 Å². The second-order valence-electron chi connectivity index (χ2n) is 4.85. The van der Waals surface area contributed by atoms with Crippen molar-refractivity contribution in [3.05, 3.63) is 30.1 Å². The van der Waals surface area contributed by atoms with Crippen molar-refractivity contribution in [3.63, 3.8) is 0 Å². The van der Waals surface area contributed by atoms with Crippen LogP contribution in [0.2, 0.25) is 0 Å². The third kappa shape index (κ3) is 6.66. The summed E-state index contributed by atoms with van der Waals surface area (Å²) in [5, 5.41) is 12.7. The molecule has 4 heteroatoms. The fraction of sp³-hybridized carbons (Fsp3) is 0.667. The lowest BCUT2D eigenvalue weighted by atomic mass is 10.1. The number of aromatic nitrogens is 1. The maximum atomic E-state index is 9.14. The van der Waals surface area contributed by atoms with Crippen LogP contribution in [0.4, 0.5) is 0 Å². The summed E-state index contributed by atoms with van der Waals surface area (Å²) in [5.74, 6) is 0. The molecule has 19 heavy (non-hydrogen) atoms. The second-order valence-corrected chi connectivity index (χ2v) is 4.85. The molecule has 0 fully saturated rings. The van der Waals surface area contributed by atoms with E-state index in [2.05, 4.69) is 41.2 Å². The van der Waals surface area contributed by atoms with Crippen LogP contribution in [0.5, 0.6) is 0 Å². The molecule has 0 saturated heterocycles. The summed E-state index contributed by atoms with van der Waals surface area (Å²) < 4.78 is 0. The van der Waals surface area contributed by atoms with E-state index in [1.165, 1.54) is 5.56 Å². The molecule has 1 aromatic rings. The lowest BCUT2D eigenvalue weighted by molar-refractivity contribution is 0.208. The van der Waals surface area contributed by atoms with Crippen molar-refractivity contribution in [1.29, 1.82) is 0 Å². The van der Waals surface area contributed by atoms with Crippen molar-refractivity contribution in [3.8, 4) is 0 Å². The van der Waals surface area contributed by atoms with Gasteiger partial charge in [-0.2, -0.15) is 0 Å². The molecule has 0 bridgehead atoms. The summed E-state index contributed by atoms with van der Waals surface area (Å²) in [6.45, 7) is 8.52. The van der Waals surface area contributed by atoms with Crippen LogP contribution in [0.25, 0.3) is 0 Å². The Morgan fingerprint density at radius 3 is 2.63 bits per heavy atom. The first-order chi connectivity index (χ1) is 9.30. The molecule has 2 N–H and O–H groups in total. The van der Waals surface area contributed by atoms with Crippen LogP contribution in [-0.4, -0.2) is 47.3 Å². The number of hydrogen-bond acceptors (Lipinski definition) is 4. The van der Waals surface area contributed by atoms with Gasteiger partial charge < -0.3 is 10.4 Å². The maximum Gasteiger partial charge on any atom is 0.0446 e. The van der Waals surface area contributed by atoms with Gasteiger partial charge >= 0.3 is 0 Å². The molecule has 0 aliphatic heterocycles. The zero-order chi connectivity index (χ0) is 13.9.